The summed E-state index contributed by atoms with van der Waals surface area (Å²) < 4.78 is 12.4. The van der Waals surface area contributed by atoms with Crippen LogP contribution in [0.2, 0.25) is 0 Å². The van der Waals surface area contributed by atoms with E-state index in [1.54, 1.807) is 6.92 Å². The summed E-state index contributed by atoms with van der Waals surface area (Å²) >= 11 is 3.53. The van der Waals surface area contributed by atoms with Crippen molar-refractivity contribution in [1.29, 1.82) is 0 Å². The molecular formula is C14H19BrO3. The highest BCUT2D eigenvalue weighted by Crippen LogP contribution is 2.45. The van der Waals surface area contributed by atoms with E-state index in [9.17, 15) is 5.11 Å². The van der Waals surface area contributed by atoms with Gasteiger partial charge >= 0.3 is 0 Å². The van der Waals surface area contributed by atoms with Gasteiger partial charge in [-0.1, -0.05) is 29.8 Å². The molecule has 1 aliphatic heterocycles. The van der Waals surface area contributed by atoms with Gasteiger partial charge in [0.2, 0.25) is 0 Å². The summed E-state index contributed by atoms with van der Waals surface area (Å²) in [5.41, 5.74) is 1.94. The van der Waals surface area contributed by atoms with E-state index in [0.29, 0.717) is 13.2 Å². The lowest BCUT2D eigenvalue weighted by molar-refractivity contribution is 0.196. The molecule has 0 aliphatic carbocycles. The molecule has 4 heteroatoms. The molecule has 0 bridgehead atoms. The van der Waals surface area contributed by atoms with Gasteiger partial charge in [0, 0.05) is 22.0 Å². The van der Waals surface area contributed by atoms with E-state index in [1.165, 1.54) is 0 Å². The van der Waals surface area contributed by atoms with Crippen molar-refractivity contribution in [3.63, 3.8) is 0 Å². The molecular weight excluding hydrogens is 296 g/mol. The minimum Gasteiger partial charge on any atom is -0.490 e. The van der Waals surface area contributed by atoms with Crippen LogP contribution in [0.5, 0.6) is 11.5 Å². The molecule has 18 heavy (non-hydrogen) atoms. The Morgan fingerprint density at radius 1 is 1.17 bits per heavy atom. The van der Waals surface area contributed by atoms with Gasteiger partial charge in [0.25, 0.3) is 0 Å². The molecule has 3 nitrogen and oxygen atoms in total. The maximum absolute atomic E-state index is 9.98. The van der Waals surface area contributed by atoms with E-state index < -0.39 is 6.10 Å². The molecule has 1 unspecified atom stereocenters. The van der Waals surface area contributed by atoms with Crippen LogP contribution in [-0.2, 0) is 0 Å². The fourth-order valence-electron chi connectivity index (χ4n) is 2.31. The zero-order chi connectivity index (χ0) is 13.3. The van der Waals surface area contributed by atoms with Gasteiger partial charge in [-0.05, 0) is 18.9 Å². The molecule has 0 saturated carbocycles. The van der Waals surface area contributed by atoms with E-state index in [1.807, 2.05) is 6.07 Å². The molecule has 1 aromatic rings. The van der Waals surface area contributed by atoms with E-state index in [4.69, 9.17) is 9.47 Å². The Hall–Kier alpha value is -0.740. The Balaban J connectivity index is 2.66. The summed E-state index contributed by atoms with van der Waals surface area (Å²) in [6, 6.07) is 1.90. The quantitative estimate of drug-likeness (QED) is 0.902. The van der Waals surface area contributed by atoms with Crippen LogP contribution in [0, 0.1) is 0 Å². The third kappa shape index (κ3) is 2.50. The molecule has 1 atom stereocenters. The third-order valence-electron chi connectivity index (χ3n) is 3.06. The van der Waals surface area contributed by atoms with E-state index in [2.05, 4.69) is 29.8 Å². The van der Waals surface area contributed by atoms with E-state index in [0.717, 1.165) is 33.5 Å². The van der Waals surface area contributed by atoms with Crippen LogP contribution in [0.15, 0.2) is 10.5 Å². The third-order valence-corrected chi connectivity index (χ3v) is 3.72. The molecule has 0 aromatic heterocycles. The van der Waals surface area contributed by atoms with Gasteiger partial charge in [-0.25, -0.2) is 0 Å². The lowest BCUT2D eigenvalue weighted by Gasteiger charge is -2.22. The van der Waals surface area contributed by atoms with Crippen molar-refractivity contribution < 1.29 is 14.6 Å². The molecule has 2 rings (SSSR count). The number of benzene rings is 1. The first-order valence-corrected chi connectivity index (χ1v) is 7.11. The first-order chi connectivity index (χ1) is 8.52. The summed E-state index contributed by atoms with van der Waals surface area (Å²) in [5, 5.41) is 9.98. The van der Waals surface area contributed by atoms with E-state index >= 15 is 0 Å². The molecule has 0 radical (unpaired) electrons. The number of aliphatic hydroxyl groups excluding tert-OH is 1. The number of ether oxygens (including phenoxy) is 2. The van der Waals surface area contributed by atoms with E-state index in [-0.39, 0.29) is 5.92 Å². The Morgan fingerprint density at radius 2 is 1.83 bits per heavy atom. The van der Waals surface area contributed by atoms with Gasteiger partial charge in [0.05, 0.1) is 19.3 Å². The smallest absolute Gasteiger partial charge is 0.165 e. The second kappa shape index (κ2) is 5.49. The number of fused-ring (bicyclic) bond motifs is 1. The van der Waals surface area contributed by atoms with Crippen LogP contribution in [0.4, 0.5) is 0 Å². The fraction of sp³-hybridized carbons (Fsp3) is 0.571. The number of aliphatic hydroxyl groups is 1. The number of rotatable bonds is 2. The van der Waals surface area contributed by atoms with Gasteiger partial charge in [-0.3, -0.25) is 0 Å². The van der Waals surface area contributed by atoms with Gasteiger partial charge in [-0.15, -0.1) is 0 Å². The average Bonchev–Trinajstić information content (AvgIpc) is 2.51. The second-order valence-corrected chi connectivity index (χ2v) is 5.75. The highest BCUT2D eigenvalue weighted by atomic mass is 79.9. The van der Waals surface area contributed by atoms with Crippen LogP contribution < -0.4 is 9.47 Å². The maximum Gasteiger partial charge on any atom is 0.165 e. The largest absolute Gasteiger partial charge is 0.490 e. The van der Waals surface area contributed by atoms with Gasteiger partial charge in [0.1, 0.15) is 0 Å². The van der Waals surface area contributed by atoms with Crippen molar-refractivity contribution in [3.05, 3.63) is 21.7 Å². The molecule has 1 aromatic carbocycles. The predicted octanol–water partition coefficient (Wildman–Crippen LogP) is 3.79. The molecule has 0 fully saturated rings. The zero-order valence-electron chi connectivity index (χ0n) is 11.0. The number of hydrogen-bond donors (Lipinski definition) is 1. The van der Waals surface area contributed by atoms with Crippen molar-refractivity contribution in [2.75, 3.05) is 13.2 Å². The van der Waals surface area contributed by atoms with Crippen molar-refractivity contribution in [2.45, 2.75) is 39.2 Å². The number of halogens is 1. The van der Waals surface area contributed by atoms with Gasteiger partial charge in [-0.2, -0.15) is 0 Å². The van der Waals surface area contributed by atoms with Crippen LogP contribution in [0.25, 0.3) is 0 Å². The molecule has 1 N–H and O–H groups in total. The Kier molecular flexibility index (Phi) is 4.17. The van der Waals surface area contributed by atoms with Gasteiger partial charge < -0.3 is 14.6 Å². The summed E-state index contributed by atoms with van der Waals surface area (Å²) in [7, 11) is 0. The molecule has 100 valence electrons. The molecule has 1 heterocycles. The number of hydrogen-bond acceptors (Lipinski definition) is 3. The van der Waals surface area contributed by atoms with Crippen molar-refractivity contribution in [2.24, 2.45) is 0 Å². The summed E-state index contributed by atoms with van der Waals surface area (Å²) in [6.07, 6.45) is 0.349. The normalized spacial score (nSPS) is 16.6. The Morgan fingerprint density at radius 3 is 2.44 bits per heavy atom. The van der Waals surface area contributed by atoms with Crippen LogP contribution >= 0.6 is 15.9 Å². The van der Waals surface area contributed by atoms with Crippen molar-refractivity contribution in [3.8, 4) is 11.5 Å². The summed E-state index contributed by atoms with van der Waals surface area (Å²) in [6.45, 7) is 7.30. The van der Waals surface area contributed by atoms with Crippen LogP contribution in [-0.4, -0.2) is 18.3 Å². The van der Waals surface area contributed by atoms with Crippen molar-refractivity contribution >= 4 is 15.9 Å². The summed E-state index contributed by atoms with van der Waals surface area (Å²) in [4.78, 5) is 0. The standard InChI is InChI=1S/C14H19BrO3/c1-8(2)12-13(9(3)16)10(15)7-11-14(12)18-6-4-5-17-11/h7-9,16H,4-6H2,1-3H3. The van der Waals surface area contributed by atoms with Crippen LogP contribution in [0.1, 0.15) is 50.3 Å². The molecule has 0 saturated heterocycles. The fourth-order valence-corrected chi connectivity index (χ4v) is 3.06. The summed E-state index contributed by atoms with van der Waals surface area (Å²) in [5.74, 6) is 1.83. The highest BCUT2D eigenvalue weighted by molar-refractivity contribution is 9.10. The second-order valence-electron chi connectivity index (χ2n) is 4.89. The Bertz CT molecular complexity index is 441. The lowest BCUT2D eigenvalue weighted by atomic mass is 9.93. The molecule has 0 spiro atoms. The first-order valence-electron chi connectivity index (χ1n) is 6.32. The molecule has 1 aliphatic rings. The lowest BCUT2D eigenvalue weighted by Crippen LogP contribution is -2.06. The highest BCUT2D eigenvalue weighted by Gasteiger charge is 2.25. The zero-order valence-corrected chi connectivity index (χ0v) is 12.6. The average molecular weight is 315 g/mol. The predicted molar refractivity (Wildman–Crippen MR) is 74.5 cm³/mol. The maximum atomic E-state index is 9.98. The van der Waals surface area contributed by atoms with Gasteiger partial charge in [0.15, 0.2) is 11.5 Å². The Labute approximate surface area is 116 Å². The minimum atomic E-state index is -0.533. The monoisotopic (exact) mass is 314 g/mol. The van der Waals surface area contributed by atoms with Crippen LogP contribution in [0.3, 0.4) is 0 Å². The SMILES string of the molecule is CC(C)c1c2c(cc(Br)c1C(C)O)OCCCO2. The minimum absolute atomic E-state index is 0.266. The molecule has 0 amide bonds. The first kappa shape index (κ1) is 13.7. The van der Waals surface area contributed by atoms with Crippen molar-refractivity contribution in [1.82, 2.24) is 0 Å². The topological polar surface area (TPSA) is 38.7 Å².